The number of hydrogen-bond donors (Lipinski definition) is 0. The van der Waals surface area contributed by atoms with Crippen molar-refractivity contribution in [3.05, 3.63) is 65.8 Å². The van der Waals surface area contributed by atoms with Crippen molar-refractivity contribution in [3.63, 3.8) is 0 Å². The molecule has 0 radical (unpaired) electrons. The van der Waals surface area contributed by atoms with Gasteiger partial charge in [0.25, 0.3) is 0 Å². The third-order valence-corrected chi connectivity index (χ3v) is 5.42. The second-order valence-electron chi connectivity index (χ2n) is 7.50. The molecule has 5 nitrogen and oxygen atoms in total. The van der Waals surface area contributed by atoms with E-state index in [1.807, 2.05) is 18.5 Å². The number of nitrogens with zero attached hydrogens (tertiary/aromatic N) is 5. The number of fused-ring (bicyclic) bond motifs is 2. The molecule has 2 aliphatic rings. The molecule has 0 saturated heterocycles. The molecule has 2 aliphatic heterocycles. The number of anilines is 2. The molecular weight excluding hydrogens is 310 g/mol. The summed E-state index contributed by atoms with van der Waals surface area (Å²) in [5, 5.41) is 0. The van der Waals surface area contributed by atoms with Gasteiger partial charge in [0.1, 0.15) is 12.1 Å². The van der Waals surface area contributed by atoms with Gasteiger partial charge in [-0.3, -0.25) is 9.88 Å². The Kier molecular flexibility index (Phi) is 3.04. The highest BCUT2D eigenvalue weighted by atomic mass is 15.3. The standard InChI is InChI=1S/C20H21N5/c1-7-12-18(21-6)25-14-10-22-11-24-16(14)20(4,5)13-8-9-23-17(15(13)25)19(12,2)3/h7-11H,1,6H2,2-5H3. The van der Waals surface area contributed by atoms with Crippen LogP contribution in [0, 0.1) is 0 Å². The molecule has 0 bridgehead atoms. The lowest BCUT2D eigenvalue weighted by atomic mass is 9.70. The van der Waals surface area contributed by atoms with E-state index in [9.17, 15) is 0 Å². The summed E-state index contributed by atoms with van der Waals surface area (Å²) in [6.07, 6.45) is 7.17. The van der Waals surface area contributed by atoms with E-state index in [1.54, 1.807) is 6.33 Å². The van der Waals surface area contributed by atoms with E-state index >= 15 is 0 Å². The molecule has 2 aromatic heterocycles. The molecule has 4 heterocycles. The molecule has 0 aliphatic carbocycles. The lowest BCUT2D eigenvalue weighted by molar-refractivity contribution is 0.559. The minimum absolute atomic E-state index is 0.254. The number of aliphatic imine (C=N–C) groups is 1. The number of rotatable bonds is 2. The quantitative estimate of drug-likeness (QED) is 0.779. The first-order chi connectivity index (χ1) is 11.9. The van der Waals surface area contributed by atoms with Gasteiger partial charge in [0.05, 0.1) is 29.0 Å². The third-order valence-electron chi connectivity index (χ3n) is 5.42. The van der Waals surface area contributed by atoms with Crippen LogP contribution in [0.1, 0.15) is 44.6 Å². The van der Waals surface area contributed by atoms with Gasteiger partial charge in [0.2, 0.25) is 0 Å². The van der Waals surface area contributed by atoms with Crippen molar-refractivity contribution in [2.24, 2.45) is 4.99 Å². The lowest BCUT2D eigenvalue weighted by Gasteiger charge is -2.47. The molecule has 126 valence electrons. The molecule has 0 atom stereocenters. The first kappa shape index (κ1) is 15.7. The van der Waals surface area contributed by atoms with E-state index in [0.717, 1.165) is 34.2 Å². The largest absolute Gasteiger partial charge is 0.289 e. The summed E-state index contributed by atoms with van der Waals surface area (Å²) in [5.74, 6) is 0.772. The van der Waals surface area contributed by atoms with E-state index in [-0.39, 0.29) is 10.8 Å². The maximum absolute atomic E-state index is 4.74. The van der Waals surface area contributed by atoms with Crippen LogP contribution in [0.5, 0.6) is 0 Å². The van der Waals surface area contributed by atoms with Crippen LogP contribution in [0.2, 0.25) is 0 Å². The van der Waals surface area contributed by atoms with Gasteiger partial charge in [-0.1, -0.05) is 12.7 Å². The Morgan fingerprint density at radius 3 is 2.56 bits per heavy atom. The Bertz CT molecular complexity index is 952. The van der Waals surface area contributed by atoms with Gasteiger partial charge in [-0.05, 0) is 46.0 Å². The molecule has 2 aromatic rings. The highest BCUT2D eigenvalue weighted by Gasteiger charge is 2.47. The predicted octanol–water partition coefficient (Wildman–Crippen LogP) is 4.04. The first-order valence-corrected chi connectivity index (χ1v) is 8.30. The van der Waals surface area contributed by atoms with E-state index in [2.05, 4.69) is 66.9 Å². The molecular formula is C20H21N5. The molecule has 0 spiro atoms. The van der Waals surface area contributed by atoms with Gasteiger partial charge in [0.15, 0.2) is 0 Å². The smallest absolute Gasteiger partial charge is 0.141 e. The summed E-state index contributed by atoms with van der Waals surface area (Å²) in [4.78, 5) is 20.1. The molecule has 0 saturated carbocycles. The molecule has 0 N–H and O–H groups in total. The summed E-state index contributed by atoms with van der Waals surface area (Å²) in [7, 11) is 0. The molecule has 0 amide bonds. The summed E-state index contributed by atoms with van der Waals surface area (Å²) >= 11 is 0. The maximum Gasteiger partial charge on any atom is 0.141 e. The van der Waals surface area contributed by atoms with Gasteiger partial charge >= 0.3 is 0 Å². The van der Waals surface area contributed by atoms with Crippen LogP contribution >= 0.6 is 0 Å². The van der Waals surface area contributed by atoms with Crippen molar-refractivity contribution in [1.82, 2.24) is 15.0 Å². The fourth-order valence-electron chi connectivity index (χ4n) is 4.11. The zero-order chi connectivity index (χ0) is 18.0. The first-order valence-electron chi connectivity index (χ1n) is 8.30. The summed E-state index contributed by atoms with van der Waals surface area (Å²) in [6.45, 7) is 16.5. The van der Waals surface area contributed by atoms with Crippen molar-refractivity contribution in [2.45, 2.75) is 38.5 Å². The molecule has 0 fully saturated rings. The predicted molar refractivity (Wildman–Crippen MR) is 100 cm³/mol. The average molecular weight is 331 g/mol. The lowest BCUT2D eigenvalue weighted by Crippen LogP contribution is -2.41. The van der Waals surface area contributed by atoms with Crippen LogP contribution in [-0.4, -0.2) is 21.7 Å². The van der Waals surface area contributed by atoms with Gasteiger partial charge in [0, 0.05) is 22.6 Å². The Morgan fingerprint density at radius 1 is 1.12 bits per heavy atom. The Morgan fingerprint density at radius 2 is 1.88 bits per heavy atom. The Labute approximate surface area is 147 Å². The van der Waals surface area contributed by atoms with Crippen molar-refractivity contribution < 1.29 is 0 Å². The van der Waals surface area contributed by atoms with Crippen LogP contribution < -0.4 is 4.90 Å². The highest BCUT2D eigenvalue weighted by molar-refractivity contribution is 5.84. The zero-order valence-corrected chi connectivity index (χ0v) is 15.0. The fourth-order valence-corrected chi connectivity index (χ4v) is 4.11. The van der Waals surface area contributed by atoms with Crippen LogP contribution in [0.3, 0.4) is 0 Å². The summed E-state index contributed by atoms with van der Waals surface area (Å²) in [6, 6.07) is 2.08. The normalized spacial score (nSPS) is 19.1. The highest BCUT2D eigenvalue weighted by Crippen LogP contribution is 2.56. The van der Waals surface area contributed by atoms with E-state index in [0.29, 0.717) is 0 Å². The monoisotopic (exact) mass is 331 g/mol. The van der Waals surface area contributed by atoms with E-state index < -0.39 is 0 Å². The minimum atomic E-state index is -0.316. The van der Waals surface area contributed by atoms with E-state index in [4.69, 9.17) is 4.98 Å². The molecule has 0 aromatic carbocycles. The number of allylic oxidation sites excluding steroid dienone is 2. The fraction of sp³-hybridized carbons (Fsp3) is 0.300. The van der Waals surface area contributed by atoms with Crippen molar-refractivity contribution in [2.75, 3.05) is 4.90 Å². The molecule has 25 heavy (non-hydrogen) atoms. The second kappa shape index (κ2) is 4.85. The van der Waals surface area contributed by atoms with Gasteiger partial charge in [-0.25, -0.2) is 15.0 Å². The van der Waals surface area contributed by atoms with Gasteiger partial charge in [-0.2, -0.15) is 0 Å². The van der Waals surface area contributed by atoms with Crippen LogP contribution in [-0.2, 0) is 10.8 Å². The zero-order valence-electron chi connectivity index (χ0n) is 15.0. The number of hydrogen-bond acceptors (Lipinski definition) is 5. The summed E-state index contributed by atoms with van der Waals surface area (Å²) in [5.41, 5.74) is 5.57. The molecule has 5 heteroatoms. The van der Waals surface area contributed by atoms with Gasteiger partial charge < -0.3 is 0 Å². The Balaban J connectivity index is 2.20. The SMILES string of the molecule is C=CC1=C(N=C)N2c3cncnc3C(C)(C)c3ccnc(c32)C1(C)C. The topological polar surface area (TPSA) is 54.3 Å². The average Bonchev–Trinajstić information content (AvgIpc) is 2.60. The third kappa shape index (κ3) is 1.78. The second-order valence-corrected chi connectivity index (χ2v) is 7.50. The minimum Gasteiger partial charge on any atom is -0.289 e. The van der Waals surface area contributed by atoms with Gasteiger partial charge in [-0.15, -0.1) is 0 Å². The maximum atomic E-state index is 4.74. The number of pyridine rings is 1. The van der Waals surface area contributed by atoms with Crippen LogP contribution in [0.15, 0.2) is 53.8 Å². The van der Waals surface area contributed by atoms with E-state index in [1.165, 1.54) is 5.56 Å². The molecule has 4 rings (SSSR count). The van der Waals surface area contributed by atoms with Crippen molar-refractivity contribution >= 4 is 18.1 Å². The van der Waals surface area contributed by atoms with Crippen molar-refractivity contribution in [3.8, 4) is 0 Å². The van der Waals surface area contributed by atoms with Crippen molar-refractivity contribution in [1.29, 1.82) is 0 Å². The van der Waals surface area contributed by atoms with Crippen LogP contribution in [0.4, 0.5) is 11.4 Å². The van der Waals surface area contributed by atoms with Crippen LogP contribution in [0.25, 0.3) is 0 Å². The Hall–Kier alpha value is -2.82. The summed E-state index contributed by atoms with van der Waals surface area (Å²) < 4.78 is 0. The molecule has 0 unspecified atom stereocenters. The number of aromatic nitrogens is 3.